The molecule has 1 aliphatic rings. The van der Waals surface area contributed by atoms with Crippen LogP contribution in [0, 0.1) is 0 Å². The van der Waals surface area contributed by atoms with E-state index in [4.69, 9.17) is 16.3 Å². The number of amides is 1. The van der Waals surface area contributed by atoms with Crippen molar-refractivity contribution in [3.63, 3.8) is 0 Å². The van der Waals surface area contributed by atoms with Crippen LogP contribution in [-0.2, 0) is 16.0 Å². The van der Waals surface area contributed by atoms with Crippen molar-refractivity contribution in [1.29, 1.82) is 0 Å². The van der Waals surface area contributed by atoms with Gasteiger partial charge in [0.1, 0.15) is 18.4 Å². The highest BCUT2D eigenvalue weighted by Crippen LogP contribution is 2.44. The number of halogens is 1. The predicted molar refractivity (Wildman–Crippen MR) is 142 cm³/mol. The van der Waals surface area contributed by atoms with Gasteiger partial charge in [0.05, 0.1) is 0 Å². The molecule has 0 saturated heterocycles. The third kappa shape index (κ3) is 5.15. The summed E-state index contributed by atoms with van der Waals surface area (Å²) < 4.78 is 5.52. The number of alkyl carbamates (subject to hydrolysis) is 1. The molecule has 0 aromatic heterocycles. The summed E-state index contributed by atoms with van der Waals surface area (Å²) in [6, 6.07) is 26.6. The summed E-state index contributed by atoms with van der Waals surface area (Å²) in [6.45, 7) is 0.0894. The van der Waals surface area contributed by atoms with Crippen molar-refractivity contribution in [1.82, 2.24) is 5.32 Å². The fourth-order valence-corrected chi connectivity index (χ4v) is 4.91. The van der Waals surface area contributed by atoms with Gasteiger partial charge in [-0.1, -0.05) is 78.3 Å². The molecule has 0 spiro atoms. The lowest BCUT2D eigenvalue weighted by Crippen LogP contribution is -2.42. The minimum absolute atomic E-state index is 0.0143. The number of rotatable bonds is 7. The van der Waals surface area contributed by atoms with E-state index in [1.807, 2.05) is 48.5 Å². The van der Waals surface area contributed by atoms with Crippen molar-refractivity contribution in [3.8, 4) is 28.0 Å². The van der Waals surface area contributed by atoms with Gasteiger partial charge >= 0.3 is 12.1 Å². The molecule has 5 rings (SSSR count). The molecule has 0 fully saturated rings. The number of phenols is 1. The number of hydrogen-bond acceptors (Lipinski definition) is 4. The Kier molecular flexibility index (Phi) is 6.84. The number of nitrogens with one attached hydrogen (secondary N) is 1. The lowest BCUT2D eigenvalue weighted by atomic mass is 9.98. The number of phenolic OH excluding ortho intramolecular Hbond substituents is 1. The highest BCUT2D eigenvalue weighted by molar-refractivity contribution is 6.30. The number of ether oxygens (including phenoxy) is 1. The summed E-state index contributed by atoms with van der Waals surface area (Å²) in [4.78, 5) is 24.6. The monoisotopic (exact) mass is 513 g/mol. The minimum Gasteiger partial charge on any atom is -0.507 e. The number of carbonyl (C=O) groups excluding carboxylic acids is 1. The first-order valence-electron chi connectivity index (χ1n) is 11.8. The Bertz CT molecular complexity index is 1420. The fourth-order valence-electron chi connectivity index (χ4n) is 4.79. The van der Waals surface area contributed by atoms with Gasteiger partial charge in [0.15, 0.2) is 0 Å². The number of aliphatic carboxylic acids is 1. The molecule has 0 aliphatic heterocycles. The van der Waals surface area contributed by atoms with E-state index in [2.05, 4.69) is 5.32 Å². The smallest absolute Gasteiger partial charge is 0.407 e. The van der Waals surface area contributed by atoms with Gasteiger partial charge in [-0.15, -0.1) is 0 Å². The van der Waals surface area contributed by atoms with Crippen LogP contribution in [-0.4, -0.2) is 34.9 Å². The third-order valence-corrected chi connectivity index (χ3v) is 6.84. The normalized spacial score (nSPS) is 12.9. The highest BCUT2D eigenvalue weighted by Gasteiger charge is 2.30. The molecule has 1 aliphatic carbocycles. The Morgan fingerprint density at radius 3 is 2.11 bits per heavy atom. The van der Waals surface area contributed by atoms with Gasteiger partial charge in [0.25, 0.3) is 0 Å². The molecule has 3 N–H and O–H groups in total. The van der Waals surface area contributed by atoms with Crippen LogP contribution in [0.4, 0.5) is 4.79 Å². The summed E-state index contributed by atoms with van der Waals surface area (Å²) in [5, 5.41) is 23.1. The second kappa shape index (κ2) is 10.4. The van der Waals surface area contributed by atoms with E-state index in [-0.39, 0.29) is 24.7 Å². The largest absolute Gasteiger partial charge is 0.507 e. The molecule has 1 atom stereocenters. The van der Waals surface area contributed by atoms with Crippen LogP contribution >= 0.6 is 11.6 Å². The van der Waals surface area contributed by atoms with E-state index >= 15 is 0 Å². The standard InChI is InChI=1S/C30H24ClNO5/c31-20-12-10-19(11-13-20)25-15-18(9-14-28(25)33)16-27(29(34)35)32-30(36)37-17-26-23-7-3-1-5-21(23)22-6-2-4-8-24(22)26/h1-15,26-27,33H,16-17H2,(H,32,36)(H,34,35). The Hall–Kier alpha value is -4.29. The van der Waals surface area contributed by atoms with Crippen molar-refractivity contribution in [2.24, 2.45) is 0 Å². The molecular formula is C30H24ClNO5. The van der Waals surface area contributed by atoms with Gasteiger partial charge in [0, 0.05) is 22.9 Å². The molecule has 0 heterocycles. The summed E-state index contributed by atoms with van der Waals surface area (Å²) in [5.74, 6) is -1.25. The van der Waals surface area contributed by atoms with E-state index < -0.39 is 18.1 Å². The quantitative estimate of drug-likeness (QED) is 0.271. The molecule has 1 unspecified atom stereocenters. The average Bonchev–Trinajstić information content (AvgIpc) is 3.22. The molecule has 0 saturated carbocycles. The number of carboxylic acids is 1. The molecule has 4 aromatic carbocycles. The van der Waals surface area contributed by atoms with Crippen LogP contribution in [0.25, 0.3) is 22.3 Å². The Morgan fingerprint density at radius 2 is 1.49 bits per heavy atom. The van der Waals surface area contributed by atoms with Crippen LogP contribution in [0.2, 0.25) is 5.02 Å². The number of aromatic hydroxyl groups is 1. The number of carbonyl (C=O) groups is 2. The molecule has 1 amide bonds. The van der Waals surface area contributed by atoms with Gasteiger partial charge in [-0.3, -0.25) is 0 Å². The van der Waals surface area contributed by atoms with Crippen molar-refractivity contribution in [2.75, 3.05) is 6.61 Å². The van der Waals surface area contributed by atoms with Crippen LogP contribution in [0.3, 0.4) is 0 Å². The maximum atomic E-state index is 12.7. The van der Waals surface area contributed by atoms with Crippen LogP contribution < -0.4 is 5.32 Å². The zero-order chi connectivity index (χ0) is 25.9. The van der Waals surface area contributed by atoms with E-state index in [9.17, 15) is 19.8 Å². The highest BCUT2D eigenvalue weighted by atomic mass is 35.5. The van der Waals surface area contributed by atoms with Crippen LogP contribution in [0.15, 0.2) is 91.0 Å². The lowest BCUT2D eigenvalue weighted by Gasteiger charge is -2.18. The van der Waals surface area contributed by atoms with Gasteiger partial charge in [-0.25, -0.2) is 9.59 Å². The zero-order valence-corrected chi connectivity index (χ0v) is 20.5. The molecule has 0 radical (unpaired) electrons. The Balaban J connectivity index is 1.27. The summed E-state index contributed by atoms with van der Waals surface area (Å²) in [5.41, 5.74) is 6.28. The molecule has 7 heteroatoms. The second-order valence-electron chi connectivity index (χ2n) is 8.92. The molecule has 37 heavy (non-hydrogen) atoms. The zero-order valence-electron chi connectivity index (χ0n) is 19.7. The molecule has 0 bridgehead atoms. The van der Waals surface area contributed by atoms with E-state index in [1.54, 1.807) is 36.4 Å². The number of hydrogen-bond donors (Lipinski definition) is 3. The second-order valence-corrected chi connectivity index (χ2v) is 9.36. The average molecular weight is 514 g/mol. The van der Waals surface area contributed by atoms with Crippen molar-refractivity contribution >= 4 is 23.7 Å². The SMILES string of the molecule is O=C(NC(Cc1ccc(O)c(-c2ccc(Cl)cc2)c1)C(=O)O)OCC1c2ccccc2-c2ccccc21. The maximum absolute atomic E-state index is 12.7. The van der Waals surface area contributed by atoms with Crippen molar-refractivity contribution < 1.29 is 24.5 Å². The Morgan fingerprint density at radius 1 is 0.865 bits per heavy atom. The molecular weight excluding hydrogens is 490 g/mol. The van der Waals surface area contributed by atoms with E-state index in [0.717, 1.165) is 27.8 Å². The van der Waals surface area contributed by atoms with Gasteiger partial charge in [-0.2, -0.15) is 0 Å². The first-order valence-corrected chi connectivity index (χ1v) is 12.2. The number of benzene rings is 4. The van der Waals surface area contributed by atoms with E-state index in [0.29, 0.717) is 16.1 Å². The lowest BCUT2D eigenvalue weighted by molar-refractivity contribution is -0.139. The molecule has 4 aromatic rings. The maximum Gasteiger partial charge on any atom is 0.407 e. The van der Waals surface area contributed by atoms with Gasteiger partial charge in [-0.05, 0) is 57.6 Å². The number of carboxylic acid groups (broad SMARTS) is 1. The van der Waals surface area contributed by atoms with Crippen LogP contribution in [0.5, 0.6) is 5.75 Å². The Labute approximate surface area is 219 Å². The predicted octanol–water partition coefficient (Wildman–Crippen LogP) is 6.25. The summed E-state index contributed by atoms with van der Waals surface area (Å²) >= 11 is 5.96. The molecule has 6 nitrogen and oxygen atoms in total. The summed E-state index contributed by atoms with van der Waals surface area (Å²) in [6.07, 6.45) is -0.786. The summed E-state index contributed by atoms with van der Waals surface area (Å²) in [7, 11) is 0. The first kappa shape index (κ1) is 24.4. The van der Waals surface area contributed by atoms with Crippen molar-refractivity contribution in [2.45, 2.75) is 18.4 Å². The molecule has 186 valence electrons. The fraction of sp³-hybridized carbons (Fsp3) is 0.133. The minimum atomic E-state index is -1.21. The third-order valence-electron chi connectivity index (χ3n) is 6.59. The van der Waals surface area contributed by atoms with E-state index in [1.165, 1.54) is 6.07 Å². The van der Waals surface area contributed by atoms with Gasteiger partial charge in [0.2, 0.25) is 0 Å². The van der Waals surface area contributed by atoms with Crippen molar-refractivity contribution in [3.05, 3.63) is 113 Å². The van der Waals surface area contributed by atoms with Crippen LogP contribution in [0.1, 0.15) is 22.6 Å². The topological polar surface area (TPSA) is 95.9 Å². The van der Waals surface area contributed by atoms with Gasteiger partial charge < -0.3 is 20.3 Å². The number of fused-ring (bicyclic) bond motifs is 3. The first-order chi connectivity index (χ1) is 17.9.